The first-order valence-electron chi connectivity index (χ1n) is 4.22. The zero-order valence-electron chi connectivity index (χ0n) is 7.38. The van der Waals surface area contributed by atoms with Crippen LogP contribution in [0.25, 0.3) is 0 Å². The molecule has 1 aliphatic rings. The Hall–Kier alpha value is -1.09. The Morgan fingerprint density at radius 3 is 3.00 bits per heavy atom. The number of benzene rings is 1. The van der Waals surface area contributed by atoms with Gasteiger partial charge in [0.25, 0.3) is 0 Å². The van der Waals surface area contributed by atoms with Crippen molar-refractivity contribution in [2.24, 2.45) is 0 Å². The fraction of sp³-hybridized carbons (Fsp3) is 0.400. The van der Waals surface area contributed by atoms with Crippen LogP contribution in [0.4, 0.5) is 4.39 Å². The molecule has 1 atom stereocenters. The van der Waals surface area contributed by atoms with Crippen molar-refractivity contribution in [3.63, 3.8) is 0 Å². The monoisotopic (exact) mass is 182 g/mol. The minimum Gasteiger partial charge on any atom is -0.481 e. The number of halogens is 1. The number of aliphatic hydroxyl groups is 1. The molecule has 1 heterocycles. The number of para-hydroxylation sites is 1. The molecule has 1 aromatic rings. The van der Waals surface area contributed by atoms with Crippen molar-refractivity contribution in [2.45, 2.75) is 18.9 Å². The first-order chi connectivity index (χ1) is 6.14. The molecule has 13 heavy (non-hydrogen) atoms. The normalized spacial score (nSPS) is 25.5. The molecule has 0 aliphatic carbocycles. The SMILES string of the molecule is CC1(CO)Cc2cccc(F)c2O1. The van der Waals surface area contributed by atoms with Gasteiger partial charge in [-0.3, -0.25) is 0 Å². The summed E-state index contributed by atoms with van der Waals surface area (Å²) < 4.78 is 18.5. The first kappa shape index (κ1) is 8.51. The fourth-order valence-electron chi connectivity index (χ4n) is 1.58. The predicted molar refractivity (Wildman–Crippen MR) is 46.2 cm³/mol. The second-order valence-corrected chi connectivity index (χ2v) is 3.61. The lowest BCUT2D eigenvalue weighted by atomic mass is 10.0. The van der Waals surface area contributed by atoms with Gasteiger partial charge in [0.2, 0.25) is 0 Å². The van der Waals surface area contributed by atoms with Crippen molar-refractivity contribution >= 4 is 0 Å². The fourth-order valence-corrected chi connectivity index (χ4v) is 1.58. The van der Waals surface area contributed by atoms with Crippen LogP contribution in [0.1, 0.15) is 12.5 Å². The molecule has 1 N–H and O–H groups in total. The summed E-state index contributed by atoms with van der Waals surface area (Å²) in [5.41, 5.74) is 0.182. The van der Waals surface area contributed by atoms with Gasteiger partial charge in [-0.15, -0.1) is 0 Å². The van der Waals surface area contributed by atoms with Gasteiger partial charge in [0, 0.05) is 12.0 Å². The lowest BCUT2D eigenvalue weighted by molar-refractivity contribution is 0.0421. The minimum absolute atomic E-state index is 0.0961. The summed E-state index contributed by atoms with van der Waals surface area (Å²) >= 11 is 0. The van der Waals surface area contributed by atoms with E-state index in [4.69, 9.17) is 9.84 Å². The molecule has 0 saturated carbocycles. The molecule has 0 fully saturated rings. The zero-order valence-corrected chi connectivity index (χ0v) is 7.38. The Labute approximate surface area is 76.0 Å². The lowest BCUT2D eigenvalue weighted by Crippen LogP contribution is -2.34. The summed E-state index contributed by atoms with van der Waals surface area (Å²) in [6.07, 6.45) is 0.566. The molecular weight excluding hydrogens is 171 g/mol. The maximum atomic E-state index is 13.2. The second-order valence-electron chi connectivity index (χ2n) is 3.61. The molecule has 1 aromatic carbocycles. The van der Waals surface area contributed by atoms with Gasteiger partial charge in [-0.1, -0.05) is 12.1 Å². The summed E-state index contributed by atoms with van der Waals surface area (Å²) in [4.78, 5) is 0. The van der Waals surface area contributed by atoms with Gasteiger partial charge in [0.05, 0.1) is 6.61 Å². The number of rotatable bonds is 1. The summed E-state index contributed by atoms with van der Waals surface area (Å²) in [6, 6.07) is 4.84. The van der Waals surface area contributed by atoms with E-state index in [9.17, 15) is 4.39 Å². The third kappa shape index (κ3) is 1.29. The topological polar surface area (TPSA) is 29.5 Å². The average molecular weight is 182 g/mol. The maximum absolute atomic E-state index is 13.2. The van der Waals surface area contributed by atoms with Crippen molar-refractivity contribution in [3.05, 3.63) is 29.6 Å². The molecular formula is C10H11FO2. The molecule has 0 bridgehead atoms. The number of hydrogen-bond acceptors (Lipinski definition) is 2. The van der Waals surface area contributed by atoms with Gasteiger partial charge in [0.1, 0.15) is 5.60 Å². The second kappa shape index (κ2) is 2.70. The third-order valence-corrected chi connectivity index (χ3v) is 2.30. The van der Waals surface area contributed by atoms with E-state index in [1.807, 2.05) is 6.07 Å². The molecule has 0 amide bonds. The van der Waals surface area contributed by atoms with Gasteiger partial charge < -0.3 is 9.84 Å². The number of ether oxygens (including phenoxy) is 1. The molecule has 0 aromatic heterocycles. The van der Waals surface area contributed by atoms with Crippen LogP contribution in [0.2, 0.25) is 0 Å². The van der Waals surface area contributed by atoms with Crippen LogP contribution in [0.5, 0.6) is 5.75 Å². The van der Waals surface area contributed by atoms with Crippen molar-refractivity contribution in [1.29, 1.82) is 0 Å². The van der Waals surface area contributed by atoms with E-state index in [0.29, 0.717) is 12.2 Å². The smallest absolute Gasteiger partial charge is 0.165 e. The van der Waals surface area contributed by atoms with E-state index in [-0.39, 0.29) is 12.4 Å². The van der Waals surface area contributed by atoms with Gasteiger partial charge >= 0.3 is 0 Å². The molecule has 3 heteroatoms. The lowest BCUT2D eigenvalue weighted by Gasteiger charge is -2.20. The molecule has 1 unspecified atom stereocenters. The molecule has 70 valence electrons. The van der Waals surface area contributed by atoms with Gasteiger partial charge in [-0.05, 0) is 13.0 Å². The Morgan fingerprint density at radius 1 is 1.62 bits per heavy atom. The Balaban J connectivity index is 2.40. The van der Waals surface area contributed by atoms with Gasteiger partial charge in [-0.2, -0.15) is 0 Å². The first-order valence-corrected chi connectivity index (χ1v) is 4.22. The van der Waals surface area contributed by atoms with Crippen molar-refractivity contribution < 1.29 is 14.2 Å². The molecule has 2 nitrogen and oxygen atoms in total. The van der Waals surface area contributed by atoms with Crippen molar-refractivity contribution in [1.82, 2.24) is 0 Å². The highest BCUT2D eigenvalue weighted by Gasteiger charge is 2.35. The van der Waals surface area contributed by atoms with Crippen LogP contribution < -0.4 is 4.74 Å². The highest BCUT2D eigenvalue weighted by molar-refractivity contribution is 5.40. The van der Waals surface area contributed by atoms with E-state index in [0.717, 1.165) is 5.56 Å². The molecule has 2 rings (SSSR count). The van der Waals surface area contributed by atoms with Crippen LogP contribution in [0.3, 0.4) is 0 Å². The van der Waals surface area contributed by atoms with Crippen LogP contribution >= 0.6 is 0 Å². The Bertz CT molecular complexity index is 338. The van der Waals surface area contributed by atoms with E-state index >= 15 is 0 Å². The van der Waals surface area contributed by atoms with Gasteiger partial charge in [-0.25, -0.2) is 4.39 Å². The van der Waals surface area contributed by atoms with Crippen LogP contribution in [0.15, 0.2) is 18.2 Å². The molecule has 1 aliphatic heterocycles. The van der Waals surface area contributed by atoms with Gasteiger partial charge in [0.15, 0.2) is 11.6 Å². The maximum Gasteiger partial charge on any atom is 0.165 e. The summed E-state index contributed by atoms with van der Waals surface area (Å²) in [7, 11) is 0. The Kier molecular flexibility index (Phi) is 1.77. The largest absolute Gasteiger partial charge is 0.481 e. The highest BCUT2D eigenvalue weighted by atomic mass is 19.1. The number of hydrogen-bond donors (Lipinski definition) is 1. The minimum atomic E-state index is -0.648. The quantitative estimate of drug-likeness (QED) is 0.713. The molecule has 0 spiro atoms. The molecule has 0 radical (unpaired) electrons. The van der Waals surface area contributed by atoms with E-state index in [1.165, 1.54) is 6.07 Å². The zero-order chi connectivity index (χ0) is 9.47. The van der Waals surface area contributed by atoms with Crippen LogP contribution in [-0.2, 0) is 6.42 Å². The van der Waals surface area contributed by atoms with Crippen LogP contribution in [-0.4, -0.2) is 17.3 Å². The third-order valence-electron chi connectivity index (χ3n) is 2.30. The van der Waals surface area contributed by atoms with Crippen molar-refractivity contribution in [3.8, 4) is 5.75 Å². The van der Waals surface area contributed by atoms with E-state index in [2.05, 4.69) is 0 Å². The number of fused-ring (bicyclic) bond motifs is 1. The summed E-state index contributed by atoms with van der Waals surface area (Å²) in [5, 5.41) is 9.04. The van der Waals surface area contributed by atoms with Crippen LogP contribution in [0, 0.1) is 5.82 Å². The summed E-state index contributed by atoms with van der Waals surface area (Å²) in [5.74, 6) is -0.0614. The number of aliphatic hydroxyl groups excluding tert-OH is 1. The van der Waals surface area contributed by atoms with Crippen molar-refractivity contribution in [2.75, 3.05) is 6.61 Å². The summed E-state index contributed by atoms with van der Waals surface area (Å²) in [6.45, 7) is 1.67. The predicted octanol–water partition coefficient (Wildman–Crippen LogP) is 1.51. The van der Waals surface area contributed by atoms with E-state index < -0.39 is 5.60 Å². The molecule has 0 saturated heterocycles. The standard InChI is InChI=1S/C10H11FO2/c1-10(6-12)5-7-3-2-4-8(11)9(7)13-10/h2-4,12H,5-6H2,1H3. The highest BCUT2D eigenvalue weighted by Crippen LogP contribution is 2.36. The van der Waals surface area contributed by atoms with E-state index in [1.54, 1.807) is 13.0 Å². The Morgan fingerprint density at radius 2 is 2.38 bits per heavy atom. The average Bonchev–Trinajstić information content (AvgIpc) is 2.45.